The van der Waals surface area contributed by atoms with Crippen molar-refractivity contribution >= 4 is 22.9 Å². The number of thiocarbonyl (C=S) groups is 1. The number of nitrogens with one attached hydrogen (secondary N) is 1. The summed E-state index contributed by atoms with van der Waals surface area (Å²) >= 11 is 4.86. The van der Waals surface area contributed by atoms with Gasteiger partial charge in [0.2, 0.25) is 0 Å². The molecular weight excluding hydrogens is 194 g/mol. The highest BCUT2D eigenvalue weighted by Crippen LogP contribution is 2.32. The molecule has 0 bridgehead atoms. The average Bonchev–Trinajstić information content (AvgIpc) is 2.82. The van der Waals surface area contributed by atoms with E-state index in [1.807, 2.05) is 12.1 Å². The van der Waals surface area contributed by atoms with E-state index in [2.05, 4.69) is 17.2 Å². The van der Waals surface area contributed by atoms with E-state index in [9.17, 15) is 0 Å². The van der Waals surface area contributed by atoms with Gasteiger partial charge < -0.3 is 11.1 Å². The average molecular weight is 207 g/mol. The van der Waals surface area contributed by atoms with Gasteiger partial charge in [-0.25, -0.2) is 0 Å². The summed E-state index contributed by atoms with van der Waals surface area (Å²) in [6.07, 6.45) is 2.97. The Labute approximate surface area is 88.7 Å². The maximum Gasteiger partial charge on any atom is 0.122 e. The van der Waals surface area contributed by atoms with E-state index in [-0.39, 0.29) is 0 Å². The first-order valence-electron chi connectivity index (χ1n) is 4.69. The molecule has 2 atom stereocenters. The van der Waals surface area contributed by atoms with Gasteiger partial charge in [0, 0.05) is 17.9 Å². The van der Waals surface area contributed by atoms with E-state index >= 15 is 0 Å². The van der Waals surface area contributed by atoms with E-state index in [0.29, 0.717) is 16.7 Å². The lowest BCUT2D eigenvalue weighted by molar-refractivity contribution is 0.929. The first-order chi connectivity index (χ1) is 6.66. The zero-order valence-electron chi connectivity index (χ0n) is 8.03. The number of nitrogens with two attached hydrogens (primary N) is 1. The van der Waals surface area contributed by atoms with Crippen molar-refractivity contribution in [3.05, 3.63) is 24.0 Å². The second-order valence-corrected chi connectivity index (χ2v) is 4.20. The summed E-state index contributed by atoms with van der Waals surface area (Å²) in [6, 6.07) is 4.44. The second kappa shape index (κ2) is 3.53. The van der Waals surface area contributed by atoms with Crippen LogP contribution in [0.15, 0.2) is 18.3 Å². The number of anilines is 1. The molecule has 1 fully saturated rings. The van der Waals surface area contributed by atoms with Crippen molar-refractivity contribution in [2.75, 3.05) is 5.32 Å². The highest BCUT2D eigenvalue weighted by molar-refractivity contribution is 7.80. The van der Waals surface area contributed by atoms with Gasteiger partial charge in [0.25, 0.3) is 0 Å². The Bertz CT molecular complexity index is 364. The number of hydrogen-bond donors (Lipinski definition) is 2. The van der Waals surface area contributed by atoms with Gasteiger partial charge in [-0.05, 0) is 24.5 Å². The minimum absolute atomic E-state index is 0.345. The Kier molecular flexibility index (Phi) is 2.37. The quantitative estimate of drug-likeness (QED) is 0.738. The summed E-state index contributed by atoms with van der Waals surface area (Å²) in [5, 5.41) is 3.41. The lowest BCUT2D eigenvalue weighted by Gasteiger charge is -2.05. The number of aromatic nitrogens is 1. The molecule has 4 heteroatoms. The molecule has 1 aromatic rings. The summed E-state index contributed by atoms with van der Waals surface area (Å²) in [7, 11) is 0. The first-order valence-corrected chi connectivity index (χ1v) is 5.10. The van der Waals surface area contributed by atoms with Gasteiger partial charge in [-0.1, -0.05) is 19.1 Å². The Morgan fingerprint density at radius 3 is 3.00 bits per heavy atom. The van der Waals surface area contributed by atoms with E-state index in [1.54, 1.807) is 6.20 Å². The summed E-state index contributed by atoms with van der Waals surface area (Å²) in [5.74, 6) is 0.774. The summed E-state index contributed by atoms with van der Waals surface area (Å²) in [5.41, 5.74) is 7.23. The highest BCUT2D eigenvalue weighted by atomic mass is 32.1. The molecule has 0 saturated heterocycles. The molecule has 74 valence electrons. The van der Waals surface area contributed by atoms with Crippen molar-refractivity contribution < 1.29 is 0 Å². The van der Waals surface area contributed by atoms with Crippen LogP contribution in [0.2, 0.25) is 0 Å². The van der Waals surface area contributed by atoms with Crippen LogP contribution in [0.3, 0.4) is 0 Å². The molecule has 0 amide bonds. The third kappa shape index (κ3) is 2.01. The number of hydrogen-bond acceptors (Lipinski definition) is 3. The molecular formula is C10H13N3S. The third-order valence-corrected chi connectivity index (χ3v) is 2.68. The van der Waals surface area contributed by atoms with Gasteiger partial charge in [-0.2, -0.15) is 0 Å². The molecule has 2 unspecified atom stereocenters. The Hall–Kier alpha value is -1.16. The second-order valence-electron chi connectivity index (χ2n) is 3.76. The highest BCUT2D eigenvalue weighted by Gasteiger charge is 2.32. The molecule has 0 aliphatic heterocycles. The fraction of sp³-hybridized carbons (Fsp3) is 0.400. The molecule has 3 N–H and O–H groups in total. The Balaban J connectivity index is 2.10. The van der Waals surface area contributed by atoms with Crippen LogP contribution in [-0.2, 0) is 0 Å². The van der Waals surface area contributed by atoms with Crippen molar-refractivity contribution in [1.82, 2.24) is 4.98 Å². The number of rotatable bonds is 3. The van der Waals surface area contributed by atoms with Gasteiger partial charge in [-0.3, -0.25) is 4.98 Å². The molecule has 1 saturated carbocycles. The molecule has 1 aliphatic rings. The fourth-order valence-electron chi connectivity index (χ4n) is 1.39. The normalized spacial score (nSPS) is 24.4. The minimum Gasteiger partial charge on any atom is -0.388 e. The molecule has 14 heavy (non-hydrogen) atoms. The Morgan fingerprint density at radius 2 is 2.43 bits per heavy atom. The van der Waals surface area contributed by atoms with Crippen molar-refractivity contribution in [3.63, 3.8) is 0 Å². The monoisotopic (exact) mass is 207 g/mol. The van der Waals surface area contributed by atoms with Crippen LogP contribution in [0, 0.1) is 5.92 Å². The van der Waals surface area contributed by atoms with E-state index in [0.717, 1.165) is 11.6 Å². The maximum atomic E-state index is 5.50. The van der Waals surface area contributed by atoms with E-state index < -0.39 is 0 Å². The van der Waals surface area contributed by atoms with E-state index in [1.165, 1.54) is 6.42 Å². The third-order valence-electron chi connectivity index (χ3n) is 2.47. The SMILES string of the molecule is CC1CC1Nc1ccnc(C(N)=S)c1. The lowest BCUT2D eigenvalue weighted by atomic mass is 10.3. The van der Waals surface area contributed by atoms with Gasteiger partial charge in [-0.15, -0.1) is 0 Å². The summed E-state index contributed by atoms with van der Waals surface area (Å²) in [6.45, 7) is 2.23. The predicted molar refractivity (Wildman–Crippen MR) is 61.3 cm³/mol. The number of nitrogens with zero attached hydrogens (tertiary/aromatic N) is 1. The maximum absolute atomic E-state index is 5.50. The van der Waals surface area contributed by atoms with Crippen LogP contribution in [-0.4, -0.2) is 16.0 Å². The lowest BCUT2D eigenvalue weighted by Crippen LogP contribution is -2.12. The van der Waals surface area contributed by atoms with Crippen LogP contribution in [0.25, 0.3) is 0 Å². The summed E-state index contributed by atoms with van der Waals surface area (Å²) < 4.78 is 0. The smallest absolute Gasteiger partial charge is 0.122 e. The van der Waals surface area contributed by atoms with Crippen LogP contribution in [0.5, 0.6) is 0 Å². The van der Waals surface area contributed by atoms with Gasteiger partial charge >= 0.3 is 0 Å². The van der Waals surface area contributed by atoms with Crippen LogP contribution in [0.4, 0.5) is 5.69 Å². The van der Waals surface area contributed by atoms with Gasteiger partial charge in [0.1, 0.15) is 4.99 Å². The van der Waals surface area contributed by atoms with Crippen molar-refractivity contribution in [2.24, 2.45) is 11.7 Å². The van der Waals surface area contributed by atoms with Crippen molar-refractivity contribution in [3.8, 4) is 0 Å². The van der Waals surface area contributed by atoms with Crippen LogP contribution >= 0.6 is 12.2 Å². The molecule has 0 aromatic carbocycles. The molecule has 0 radical (unpaired) electrons. The van der Waals surface area contributed by atoms with Crippen molar-refractivity contribution in [2.45, 2.75) is 19.4 Å². The summed E-state index contributed by atoms with van der Waals surface area (Å²) in [4.78, 5) is 4.42. The molecule has 1 heterocycles. The van der Waals surface area contributed by atoms with Gasteiger partial charge in [0.05, 0.1) is 5.69 Å². The van der Waals surface area contributed by atoms with Crippen LogP contribution in [0.1, 0.15) is 19.0 Å². The standard InChI is InChI=1S/C10H13N3S/c1-6-4-8(6)13-7-2-3-12-9(5-7)10(11)14/h2-3,5-6,8H,4H2,1H3,(H2,11,14)(H,12,13). The predicted octanol–water partition coefficient (Wildman–Crippen LogP) is 1.54. The molecule has 3 nitrogen and oxygen atoms in total. The molecule has 1 aliphatic carbocycles. The fourth-order valence-corrected chi connectivity index (χ4v) is 1.50. The molecule has 1 aromatic heterocycles. The van der Waals surface area contributed by atoms with E-state index in [4.69, 9.17) is 18.0 Å². The minimum atomic E-state index is 0.345. The van der Waals surface area contributed by atoms with Crippen LogP contribution < -0.4 is 11.1 Å². The number of pyridine rings is 1. The topological polar surface area (TPSA) is 50.9 Å². The van der Waals surface area contributed by atoms with Crippen molar-refractivity contribution in [1.29, 1.82) is 0 Å². The molecule has 2 rings (SSSR count). The molecule has 0 spiro atoms. The Morgan fingerprint density at radius 1 is 1.71 bits per heavy atom. The van der Waals surface area contributed by atoms with Gasteiger partial charge in [0.15, 0.2) is 0 Å². The largest absolute Gasteiger partial charge is 0.388 e. The zero-order chi connectivity index (χ0) is 10.1. The zero-order valence-corrected chi connectivity index (χ0v) is 8.84. The first kappa shape index (κ1) is 9.40.